The molecule has 0 spiro atoms. The molecule has 5 rings (SSSR count). The van der Waals surface area contributed by atoms with Gasteiger partial charge in [0.1, 0.15) is 29.5 Å². The van der Waals surface area contributed by atoms with E-state index in [0.717, 1.165) is 40.3 Å². The third-order valence-corrected chi connectivity index (χ3v) is 7.26. The fourth-order valence-electron chi connectivity index (χ4n) is 5.06. The first-order valence-corrected chi connectivity index (χ1v) is 12.9. The maximum atomic E-state index is 14.5. The third kappa shape index (κ3) is 5.51. The molecule has 2 heterocycles. The summed E-state index contributed by atoms with van der Waals surface area (Å²) in [5, 5.41) is 2.66. The summed E-state index contributed by atoms with van der Waals surface area (Å²) < 4.78 is 55.6. The third-order valence-electron chi connectivity index (χ3n) is 6.92. The highest BCUT2D eigenvalue weighted by molar-refractivity contribution is 6.31. The summed E-state index contributed by atoms with van der Waals surface area (Å²) in [5.74, 6) is -6.51. The Bertz CT molecular complexity index is 1460. The Kier molecular flexibility index (Phi) is 7.50. The summed E-state index contributed by atoms with van der Waals surface area (Å²) >= 11 is 6.46. The Hall–Kier alpha value is -3.99. The topological polar surface area (TPSA) is 82.6 Å². The van der Waals surface area contributed by atoms with E-state index in [1.165, 1.54) is 24.3 Å². The lowest BCUT2D eigenvalue weighted by Gasteiger charge is -2.39. The van der Waals surface area contributed by atoms with Crippen LogP contribution in [0.2, 0.25) is 5.02 Å². The second-order valence-electron chi connectivity index (χ2n) is 9.73. The van der Waals surface area contributed by atoms with E-state index in [2.05, 4.69) is 10.3 Å². The molecule has 1 saturated carbocycles. The Balaban J connectivity index is 1.60. The SMILES string of the molecule is O=C(NC1CC(F)(F)C1)[C@@H](c1ccccc1Cl)N(C(=O)[C@@H]1CCC(=O)N1c1cc(F)ccn1)c1cccc(F)c1. The van der Waals surface area contributed by atoms with E-state index in [-0.39, 0.29) is 34.9 Å². The Morgan fingerprint density at radius 2 is 1.77 bits per heavy atom. The van der Waals surface area contributed by atoms with Gasteiger partial charge in [0.25, 0.3) is 11.8 Å². The molecule has 2 aromatic carbocycles. The van der Waals surface area contributed by atoms with E-state index in [4.69, 9.17) is 11.6 Å². The van der Waals surface area contributed by atoms with E-state index >= 15 is 0 Å². The maximum absolute atomic E-state index is 14.5. The molecule has 12 heteroatoms. The minimum atomic E-state index is -2.92. The Morgan fingerprint density at radius 1 is 1.05 bits per heavy atom. The molecule has 0 unspecified atom stereocenters. The van der Waals surface area contributed by atoms with E-state index in [1.54, 1.807) is 12.1 Å². The Morgan fingerprint density at radius 3 is 2.45 bits per heavy atom. The zero-order valence-corrected chi connectivity index (χ0v) is 21.6. The molecule has 3 amide bonds. The molecule has 1 aliphatic carbocycles. The molecule has 7 nitrogen and oxygen atoms in total. The molecular weight excluding hydrogens is 552 g/mol. The van der Waals surface area contributed by atoms with Crippen LogP contribution >= 0.6 is 11.6 Å². The second kappa shape index (κ2) is 10.9. The molecule has 0 bridgehead atoms. The molecule has 2 aliphatic rings. The fourth-order valence-corrected chi connectivity index (χ4v) is 5.30. The van der Waals surface area contributed by atoms with Crippen molar-refractivity contribution in [2.24, 2.45) is 0 Å². The number of aromatic nitrogens is 1. The molecule has 40 heavy (non-hydrogen) atoms. The van der Waals surface area contributed by atoms with Crippen molar-refractivity contribution in [2.75, 3.05) is 9.80 Å². The summed E-state index contributed by atoms with van der Waals surface area (Å²) in [7, 11) is 0. The van der Waals surface area contributed by atoms with Crippen LogP contribution in [0.4, 0.5) is 29.1 Å². The summed E-state index contributed by atoms with van der Waals surface area (Å²) in [6, 6.07) is 9.59. The van der Waals surface area contributed by atoms with Gasteiger partial charge in [-0.05, 0) is 36.8 Å². The van der Waals surface area contributed by atoms with Gasteiger partial charge >= 0.3 is 0 Å². The van der Waals surface area contributed by atoms with Gasteiger partial charge in [0.05, 0.1) is 0 Å². The number of carbonyl (C=O) groups excluding carboxylic acids is 3. The van der Waals surface area contributed by atoms with Gasteiger partial charge in [-0.1, -0.05) is 35.9 Å². The second-order valence-corrected chi connectivity index (χ2v) is 10.1. The largest absolute Gasteiger partial charge is 0.351 e. The van der Waals surface area contributed by atoms with Crippen LogP contribution in [0.3, 0.4) is 0 Å². The first-order valence-electron chi connectivity index (χ1n) is 12.5. The van der Waals surface area contributed by atoms with Crippen LogP contribution in [0.5, 0.6) is 0 Å². The van der Waals surface area contributed by atoms with Crippen molar-refractivity contribution in [3.8, 4) is 0 Å². The van der Waals surface area contributed by atoms with Crippen molar-refractivity contribution in [2.45, 2.75) is 49.7 Å². The number of hydrogen-bond acceptors (Lipinski definition) is 4. The van der Waals surface area contributed by atoms with Crippen LogP contribution in [0.15, 0.2) is 66.9 Å². The van der Waals surface area contributed by atoms with E-state index in [0.29, 0.717) is 0 Å². The fraction of sp³-hybridized carbons (Fsp3) is 0.286. The number of nitrogens with one attached hydrogen (secondary N) is 1. The number of halogens is 5. The lowest BCUT2D eigenvalue weighted by atomic mass is 9.87. The zero-order valence-electron chi connectivity index (χ0n) is 20.9. The predicted molar refractivity (Wildman–Crippen MR) is 139 cm³/mol. The van der Waals surface area contributed by atoms with Gasteiger partial charge in [-0.2, -0.15) is 0 Å². The van der Waals surface area contributed by atoms with E-state index in [9.17, 15) is 31.9 Å². The molecule has 1 N–H and O–H groups in total. The molecule has 3 aromatic rings. The normalized spacial score (nSPS) is 19.2. The van der Waals surface area contributed by atoms with Crippen molar-refractivity contribution in [1.29, 1.82) is 0 Å². The lowest BCUT2D eigenvalue weighted by molar-refractivity contribution is -0.133. The quantitative estimate of drug-likeness (QED) is 0.394. The number of nitrogens with zero attached hydrogens (tertiary/aromatic N) is 3. The van der Waals surface area contributed by atoms with Gasteiger partial charge in [0, 0.05) is 53.8 Å². The standard InChI is InChI=1S/C28H23ClF4N4O3/c29-21-7-2-1-6-20(21)25(26(39)35-18-14-28(32,33)15-18)36(19-5-3-4-16(30)12-19)27(40)22-8-9-24(38)37(22)23-13-17(31)10-11-34-23/h1-7,10-13,18,22,25H,8-9,14-15H2,(H,35,39)/t22-,25+/m0/s1. The molecule has 1 aromatic heterocycles. The molecule has 2 fully saturated rings. The molecule has 0 radical (unpaired) electrons. The minimum absolute atomic E-state index is 0.00733. The average Bonchev–Trinajstić information content (AvgIpc) is 3.27. The monoisotopic (exact) mass is 574 g/mol. The van der Waals surface area contributed by atoms with Crippen LogP contribution in [0.1, 0.15) is 37.3 Å². The first-order chi connectivity index (χ1) is 19.0. The number of carbonyl (C=O) groups is 3. The molecule has 1 saturated heterocycles. The maximum Gasteiger partial charge on any atom is 0.252 e. The highest BCUT2D eigenvalue weighted by atomic mass is 35.5. The van der Waals surface area contributed by atoms with Crippen molar-refractivity contribution in [3.05, 3.63) is 89.1 Å². The van der Waals surface area contributed by atoms with Crippen molar-refractivity contribution in [1.82, 2.24) is 10.3 Å². The number of anilines is 2. The number of alkyl halides is 2. The number of benzene rings is 2. The first kappa shape index (κ1) is 27.6. The van der Waals surface area contributed by atoms with Gasteiger partial charge in [0.2, 0.25) is 11.8 Å². The molecule has 2 atom stereocenters. The van der Waals surface area contributed by atoms with Crippen LogP contribution in [-0.4, -0.2) is 40.7 Å². The van der Waals surface area contributed by atoms with Gasteiger partial charge in [-0.25, -0.2) is 22.5 Å². The van der Waals surface area contributed by atoms with Crippen molar-refractivity contribution >= 4 is 40.8 Å². The van der Waals surface area contributed by atoms with Gasteiger partial charge in [-0.3, -0.25) is 24.2 Å². The van der Waals surface area contributed by atoms with Crippen LogP contribution in [0.25, 0.3) is 0 Å². The number of hydrogen-bond donors (Lipinski definition) is 1. The highest BCUT2D eigenvalue weighted by Gasteiger charge is 2.48. The van der Waals surface area contributed by atoms with Crippen molar-refractivity contribution in [3.63, 3.8) is 0 Å². The van der Waals surface area contributed by atoms with Crippen LogP contribution < -0.4 is 15.1 Å². The summed E-state index contributed by atoms with van der Waals surface area (Å²) in [6.07, 6.45) is -0.0499. The number of amides is 3. The van der Waals surface area contributed by atoms with Gasteiger partial charge in [-0.15, -0.1) is 0 Å². The average molecular weight is 575 g/mol. The summed E-state index contributed by atoms with van der Waals surface area (Å²) in [5.41, 5.74) is 0.126. The molecular formula is C28H23ClF4N4O3. The van der Waals surface area contributed by atoms with Crippen LogP contribution in [-0.2, 0) is 14.4 Å². The van der Waals surface area contributed by atoms with Crippen LogP contribution in [0, 0.1) is 11.6 Å². The summed E-state index contributed by atoms with van der Waals surface area (Å²) in [4.78, 5) is 47.0. The summed E-state index contributed by atoms with van der Waals surface area (Å²) in [6.45, 7) is 0. The highest BCUT2D eigenvalue weighted by Crippen LogP contribution is 2.39. The molecule has 208 valence electrons. The number of pyridine rings is 1. The van der Waals surface area contributed by atoms with Crippen molar-refractivity contribution < 1.29 is 31.9 Å². The van der Waals surface area contributed by atoms with Gasteiger partial charge in [0.15, 0.2) is 0 Å². The lowest BCUT2D eigenvalue weighted by Crippen LogP contribution is -2.56. The zero-order chi connectivity index (χ0) is 28.6. The van der Waals surface area contributed by atoms with Gasteiger partial charge < -0.3 is 5.32 Å². The Labute approximate surface area is 231 Å². The molecule has 1 aliphatic heterocycles. The smallest absolute Gasteiger partial charge is 0.252 e. The van der Waals surface area contributed by atoms with E-state index < -0.39 is 66.2 Å². The minimum Gasteiger partial charge on any atom is -0.351 e. The number of rotatable bonds is 7. The predicted octanol–water partition coefficient (Wildman–Crippen LogP) is 5.20. The van der Waals surface area contributed by atoms with E-state index in [1.807, 2.05) is 0 Å².